The Morgan fingerprint density at radius 2 is 2.33 bits per heavy atom. The van der Waals surface area contributed by atoms with Gasteiger partial charge in [0.25, 0.3) is 5.91 Å². The lowest BCUT2D eigenvalue weighted by Crippen LogP contribution is -2.35. The minimum Gasteiger partial charge on any atom is -0.484 e. The number of carbonyl (C=O) groups excluding carboxylic acids is 1. The fourth-order valence-corrected chi connectivity index (χ4v) is 1.60. The molecule has 1 amide bonds. The third-order valence-corrected chi connectivity index (χ3v) is 2.56. The van der Waals surface area contributed by atoms with Crippen LogP contribution in [0.1, 0.15) is 19.8 Å². The second-order valence-corrected chi connectivity index (χ2v) is 4.43. The number of carbonyl (C=O) groups is 1. The van der Waals surface area contributed by atoms with Gasteiger partial charge in [0.05, 0.1) is 6.10 Å². The molecule has 18 heavy (non-hydrogen) atoms. The van der Waals surface area contributed by atoms with Gasteiger partial charge in [0.1, 0.15) is 5.75 Å². The summed E-state index contributed by atoms with van der Waals surface area (Å²) in [5, 5.41) is 12.6. The molecule has 0 radical (unpaired) electrons. The van der Waals surface area contributed by atoms with Crippen molar-refractivity contribution in [3.05, 3.63) is 29.3 Å². The van der Waals surface area contributed by atoms with Gasteiger partial charge >= 0.3 is 0 Å². The van der Waals surface area contributed by atoms with Gasteiger partial charge in [0.15, 0.2) is 6.61 Å². The number of ether oxygens (including phenoxy) is 1. The normalized spacial score (nSPS) is 11.9. The van der Waals surface area contributed by atoms with Crippen molar-refractivity contribution in [1.29, 1.82) is 0 Å². The molecule has 1 unspecified atom stereocenters. The first-order valence-electron chi connectivity index (χ1n) is 5.95. The molecule has 0 saturated carbocycles. The first-order chi connectivity index (χ1) is 8.61. The van der Waals surface area contributed by atoms with E-state index in [4.69, 9.17) is 16.3 Å². The second-order valence-electron chi connectivity index (χ2n) is 3.99. The van der Waals surface area contributed by atoms with Crippen molar-refractivity contribution < 1.29 is 14.6 Å². The average Bonchev–Trinajstić information content (AvgIpc) is 2.34. The van der Waals surface area contributed by atoms with E-state index < -0.39 is 6.10 Å². The Balaban J connectivity index is 2.25. The predicted octanol–water partition coefficient (Wildman–Crippen LogP) is 2.00. The molecule has 1 aromatic carbocycles. The van der Waals surface area contributed by atoms with E-state index in [9.17, 15) is 9.90 Å². The van der Waals surface area contributed by atoms with Crippen LogP contribution in [-0.2, 0) is 4.79 Å². The predicted molar refractivity (Wildman–Crippen MR) is 70.9 cm³/mol. The third-order valence-electron chi connectivity index (χ3n) is 2.32. The molecule has 2 N–H and O–H groups in total. The highest BCUT2D eigenvalue weighted by molar-refractivity contribution is 6.30. The third kappa shape index (κ3) is 5.89. The molecule has 0 fully saturated rings. The summed E-state index contributed by atoms with van der Waals surface area (Å²) in [6.45, 7) is 2.15. The van der Waals surface area contributed by atoms with Gasteiger partial charge in [0, 0.05) is 11.6 Å². The van der Waals surface area contributed by atoms with Gasteiger partial charge in [0.2, 0.25) is 0 Å². The fourth-order valence-electron chi connectivity index (χ4n) is 1.42. The minimum atomic E-state index is -0.495. The van der Waals surface area contributed by atoms with Crippen LogP contribution in [0.25, 0.3) is 0 Å². The van der Waals surface area contributed by atoms with Gasteiger partial charge in [-0.1, -0.05) is 31.0 Å². The zero-order chi connectivity index (χ0) is 13.4. The van der Waals surface area contributed by atoms with Gasteiger partial charge in [-0.05, 0) is 24.6 Å². The molecule has 4 nitrogen and oxygen atoms in total. The van der Waals surface area contributed by atoms with E-state index in [1.54, 1.807) is 24.3 Å². The largest absolute Gasteiger partial charge is 0.484 e. The van der Waals surface area contributed by atoms with Crippen molar-refractivity contribution in [3.8, 4) is 5.75 Å². The fraction of sp³-hybridized carbons (Fsp3) is 0.462. The van der Waals surface area contributed by atoms with E-state index in [1.807, 2.05) is 6.92 Å². The van der Waals surface area contributed by atoms with Crippen LogP contribution in [-0.4, -0.2) is 30.3 Å². The van der Waals surface area contributed by atoms with E-state index >= 15 is 0 Å². The Bertz CT molecular complexity index is 384. The molecule has 0 bridgehead atoms. The summed E-state index contributed by atoms with van der Waals surface area (Å²) in [4.78, 5) is 11.4. The summed E-state index contributed by atoms with van der Waals surface area (Å²) < 4.78 is 5.26. The van der Waals surface area contributed by atoms with Crippen molar-refractivity contribution in [3.63, 3.8) is 0 Å². The molecular formula is C13H18ClNO3. The van der Waals surface area contributed by atoms with E-state index in [0.717, 1.165) is 6.42 Å². The van der Waals surface area contributed by atoms with Crippen molar-refractivity contribution in [2.24, 2.45) is 0 Å². The number of aliphatic hydroxyl groups is 1. The van der Waals surface area contributed by atoms with Crippen LogP contribution in [0.15, 0.2) is 24.3 Å². The van der Waals surface area contributed by atoms with Crippen molar-refractivity contribution in [2.75, 3.05) is 13.2 Å². The molecule has 0 aliphatic heterocycles. The lowest BCUT2D eigenvalue weighted by Gasteiger charge is -2.11. The Morgan fingerprint density at radius 3 is 3.00 bits per heavy atom. The summed E-state index contributed by atoms with van der Waals surface area (Å²) in [5.74, 6) is 0.289. The van der Waals surface area contributed by atoms with Crippen LogP contribution in [0.2, 0.25) is 5.02 Å². The first-order valence-corrected chi connectivity index (χ1v) is 6.32. The lowest BCUT2D eigenvalue weighted by molar-refractivity contribution is -0.123. The number of hydrogen-bond donors (Lipinski definition) is 2. The minimum absolute atomic E-state index is 0.0841. The van der Waals surface area contributed by atoms with Gasteiger partial charge in [-0.3, -0.25) is 4.79 Å². The maximum atomic E-state index is 11.4. The summed E-state index contributed by atoms with van der Waals surface area (Å²) in [5.41, 5.74) is 0. The number of nitrogens with one attached hydrogen (secondary N) is 1. The molecule has 0 aliphatic carbocycles. The summed E-state index contributed by atoms with van der Waals surface area (Å²) in [6, 6.07) is 6.85. The Hall–Kier alpha value is -1.26. The molecule has 100 valence electrons. The molecule has 0 heterocycles. The highest BCUT2D eigenvalue weighted by atomic mass is 35.5. The quantitative estimate of drug-likeness (QED) is 0.797. The lowest BCUT2D eigenvalue weighted by atomic mass is 10.2. The van der Waals surface area contributed by atoms with E-state index in [-0.39, 0.29) is 19.1 Å². The molecule has 0 saturated heterocycles. The Labute approximate surface area is 112 Å². The van der Waals surface area contributed by atoms with E-state index in [1.165, 1.54) is 0 Å². The smallest absolute Gasteiger partial charge is 0.258 e. The van der Waals surface area contributed by atoms with E-state index in [0.29, 0.717) is 17.2 Å². The van der Waals surface area contributed by atoms with Gasteiger partial charge in [-0.15, -0.1) is 0 Å². The van der Waals surface area contributed by atoms with Gasteiger partial charge in [-0.2, -0.15) is 0 Å². The summed E-state index contributed by atoms with van der Waals surface area (Å²) in [6.07, 6.45) is 1.07. The Morgan fingerprint density at radius 1 is 1.56 bits per heavy atom. The summed E-state index contributed by atoms with van der Waals surface area (Å²) >= 11 is 5.78. The van der Waals surface area contributed by atoms with Crippen LogP contribution >= 0.6 is 11.6 Å². The van der Waals surface area contributed by atoms with Crippen LogP contribution in [0, 0.1) is 0 Å². The van der Waals surface area contributed by atoms with Crippen molar-refractivity contribution in [2.45, 2.75) is 25.9 Å². The number of hydrogen-bond acceptors (Lipinski definition) is 3. The van der Waals surface area contributed by atoms with Crippen molar-refractivity contribution >= 4 is 17.5 Å². The molecule has 0 aromatic heterocycles. The van der Waals surface area contributed by atoms with Crippen LogP contribution in [0.5, 0.6) is 5.75 Å². The number of amides is 1. The van der Waals surface area contributed by atoms with Gasteiger partial charge in [-0.25, -0.2) is 0 Å². The van der Waals surface area contributed by atoms with Crippen LogP contribution in [0.3, 0.4) is 0 Å². The maximum absolute atomic E-state index is 11.4. The molecule has 0 spiro atoms. The number of aliphatic hydroxyl groups excluding tert-OH is 1. The van der Waals surface area contributed by atoms with Crippen LogP contribution in [0.4, 0.5) is 0 Å². The first kappa shape index (κ1) is 14.8. The van der Waals surface area contributed by atoms with Crippen molar-refractivity contribution in [1.82, 2.24) is 5.32 Å². The second kappa shape index (κ2) is 7.95. The SMILES string of the molecule is CCCC(O)CNC(=O)COc1cccc(Cl)c1. The molecule has 0 aliphatic rings. The topological polar surface area (TPSA) is 58.6 Å². The highest BCUT2D eigenvalue weighted by Crippen LogP contribution is 2.16. The number of rotatable bonds is 7. The molecule has 5 heteroatoms. The summed E-state index contributed by atoms with van der Waals surface area (Å²) in [7, 11) is 0. The maximum Gasteiger partial charge on any atom is 0.258 e. The molecule has 1 atom stereocenters. The highest BCUT2D eigenvalue weighted by Gasteiger charge is 2.06. The van der Waals surface area contributed by atoms with Crippen LogP contribution < -0.4 is 10.1 Å². The molecule has 1 rings (SSSR count). The number of benzene rings is 1. The molecular weight excluding hydrogens is 254 g/mol. The zero-order valence-corrected chi connectivity index (χ0v) is 11.1. The average molecular weight is 272 g/mol. The monoisotopic (exact) mass is 271 g/mol. The van der Waals surface area contributed by atoms with E-state index in [2.05, 4.69) is 5.32 Å². The zero-order valence-electron chi connectivity index (χ0n) is 10.4. The van der Waals surface area contributed by atoms with Gasteiger partial charge < -0.3 is 15.2 Å². The Kier molecular flexibility index (Phi) is 6.54. The number of halogens is 1. The standard InChI is InChI=1S/C13H18ClNO3/c1-2-4-11(16)8-15-13(17)9-18-12-6-3-5-10(14)7-12/h3,5-7,11,16H,2,4,8-9H2,1H3,(H,15,17). The molecule has 1 aromatic rings.